The molecule has 3 rings (SSSR count). The number of hydrogen-bond acceptors (Lipinski definition) is 5. The van der Waals surface area contributed by atoms with Gasteiger partial charge in [0.15, 0.2) is 5.78 Å². The average molecular weight is 408 g/mol. The molecule has 0 aliphatic carbocycles. The predicted molar refractivity (Wildman–Crippen MR) is 115 cm³/mol. The zero-order valence-electron chi connectivity index (χ0n) is 17.5. The summed E-state index contributed by atoms with van der Waals surface area (Å²) >= 11 is 0. The molecule has 0 radical (unpaired) electrons. The van der Waals surface area contributed by atoms with Crippen LogP contribution in [0.4, 0.5) is 5.69 Å². The van der Waals surface area contributed by atoms with Crippen molar-refractivity contribution in [1.29, 1.82) is 0 Å². The van der Waals surface area contributed by atoms with Gasteiger partial charge in [-0.25, -0.2) is 0 Å². The van der Waals surface area contributed by atoms with Gasteiger partial charge in [0.2, 0.25) is 5.91 Å². The molecular formula is C24H28N2O4. The lowest BCUT2D eigenvalue weighted by Gasteiger charge is -2.35. The van der Waals surface area contributed by atoms with Crippen molar-refractivity contribution in [2.45, 2.75) is 32.7 Å². The number of esters is 1. The van der Waals surface area contributed by atoms with E-state index in [0.717, 1.165) is 19.4 Å². The van der Waals surface area contributed by atoms with Crippen molar-refractivity contribution in [3.63, 3.8) is 0 Å². The predicted octanol–water partition coefficient (Wildman–Crippen LogP) is 3.52. The van der Waals surface area contributed by atoms with Crippen LogP contribution in [0.25, 0.3) is 0 Å². The molecule has 2 aromatic carbocycles. The average Bonchev–Trinajstić information content (AvgIpc) is 2.79. The second-order valence-corrected chi connectivity index (χ2v) is 7.49. The SMILES string of the molecule is CCOC(=O)C1CCCN(C(C)C(=O)Nc2ccccc2C(=O)c2ccccc2)C1. The molecule has 2 unspecified atom stereocenters. The Bertz CT molecular complexity index is 897. The molecule has 2 atom stereocenters. The first-order valence-corrected chi connectivity index (χ1v) is 10.4. The third kappa shape index (κ3) is 5.13. The largest absolute Gasteiger partial charge is 0.466 e. The van der Waals surface area contributed by atoms with E-state index in [0.29, 0.717) is 30.0 Å². The van der Waals surface area contributed by atoms with Gasteiger partial charge in [-0.2, -0.15) is 0 Å². The maximum Gasteiger partial charge on any atom is 0.310 e. The molecule has 1 amide bonds. The normalized spacial score (nSPS) is 17.7. The molecule has 0 spiro atoms. The van der Waals surface area contributed by atoms with Crippen molar-refractivity contribution < 1.29 is 19.1 Å². The highest BCUT2D eigenvalue weighted by atomic mass is 16.5. The highest BCUT2D eigenvalue weighted by Gasteiger charge is 2.32. The van der Waals surface area contributed by atoms with E-state index in [2.05, 4.69) is 5.32 Å². The number of piperidine rings is 1. The molecule has 1 N–H and O–H groups in total. The summed E-state index contributed by atoms with van der Waals surface area (Å²) in [5, 5.41) is 2.91. The molecule has 1 aliphatic rings. The van der Waals surface area contributed by atoms with Crippen LogP contribution in [0.2, 0.25) is 0 Å². The molecule has 0 saturated carbocycles. The highest BCUT2D eigenvalue weighted by Crippen LogP contribution is 2.23. The number of rotatable bonds is 7. The summed E-state index contributed by atoms with van der Waals surface area (Å²) in [5.74, 6) is -0.748. The van der Waals surface area contributed by atoms with Gasteiger partial charge in [-0.3, -0.25) is 19.3 Å². The minimum absolute atomic E-state index is 0.139. The molecular weight excluding hydrogens is 380 g/mol. The number of amides is 1. The standard InChI is InChI=1S/C24H28N2O4/c1-3-30-24(29)19-12-9-15-26(16-19)17(2)23(28)25-21-14-8-7-13-20(21)22(27)18-10-5-4-6-11-18/h4-8,10-11,13-14,17,19H,3,9,12,15-16H2,1-2H3,(H,25,28). The number of hydrogen-bond donors (Lipinski definition) is 1. The Morgan fingerprint density at radius 3 is 2.53 bits per heavy atom. The lowest BCUT2D eigenvalue weighted by molar-refractivity contribution is -0.150. The van der Waals surface area contributed by atoms with E-state index in [1.807, 2.05) is 30.0 Å². The number of carbonyl (C=O) groups excluding carboxylic acids is 3. The topological polar surface area (TPSA) is 75.7 Å². The van der Waals surface area contributed by atoms with Crippen molar-refractivity contribution in [1.82, 2.24) is 4.90 Å². The van der Waals surface area contributed by atoms with Crippen molar-refractivity contribution in [3.05, 3.63) is 65.7 Å². The number of ether oxygens (including phenoxy) is 1. The van der Waals surface area contributed by atoms with Gasteiger partial charge in [-0.05, 0) is 45.4 Å². The lowest BCUT2D eigenvalue weighted by atomic mass is 9.96. The summed E-state index contributed by atoms with van der Waals surface area (Å²) in [6, 6.07) is 15.6. The van der Waals surface area contributed by atoms with Crippen molar-refractivity contribution in [2.75, 3.05) is 25.0 Å². The number of nitrogens with zero attached hydrogens (tertiary/aromatic N) is 1. The van der Waals surface area contributed by atoms with Crippen LogP contribution in [0, 0.1) is 5.92 Å². The fourth-order valence-corrected chi connectivity index (χ4v) is 3.75. The number of ketones is 1. The number of nitrogens with one attached hydrogen (secondary N) is 1. The second kappa shape index (κ2) is 10.2. The first-order valence-electron chi connectivity index (χ1n) is 10.4. The third-order valence-electron chi connectivity index (χ3n) is 5.47. The second-order valence-electron chi connectivity index (χ2n) is 7.49. The first-order chi connectivity index (χ1) is 14.5. The molecule has 6 heteroatoms. The van der Waals surface area contributed by atoms with E-state index in [4.69, 9.17) is 4.74 Å². The number of carbonyl (C=O) groups is 3. The van der Waals surface area contributed by atoms with Crippen molar-refractivity contribution >= 4 is 23.3 Å². The summed E-state index contributed by atoms with van der Waals surface area (Å²) in [7, 11) is 0. The number of anilines is 1. The van der Waals surface area contributed by atoms with Crippen LogP contribution in [0.5, 0.6) is 0 Å². The van der Waals surface area contributed by atoms with Gasteiger partial charge in [-0.15, -0.1) is 0 Å². The molecule has 6 nitrogen and oxygen atoms in total. The van der Waals surface area contributed by atoms with Crippen LogP contribution in [-0.4, -0.2) is 48.3 Å². The molecule has 1 saturated heterocycles. The van der Waals surface area contributed by atoms with Gasteiger partial charge in [0.25, 0.3) is 0 Å². The van der Waals surface area contributed by atoms with Gasteiger partial charge in [-0.1, -0.05) is 42.5 Å². The van der Waals surface area contributed by atoms with Gasteiger partial charge < -0.3 is 10.1 Å². The van der Waals surface area contributed by atoms with E-state index >= 15 is 0 Å². The van der Waals surface area contributed by atoms with Crippen molar-refractivity contribution in [2.24, 2.45) is 5.92 Å². The Hall–Kier alpha value is -2.99. The summed E-state index contributed by atoms with van der Waals surface area (Å²) in [6.07, 6.45) is 1.61. The van der Waals surface area contributed by atoms with Gasteiger partial charge in [0.05, 0.1) is 24.3 Å². The number of para-hydroxylation sites is 1. The summed E-state index contributed by atoms with van der Waals surface area (Å²) in [5.41, 5.74) is 1.51. The number of benzene rings is 2. The van der Waals surface area contributed by atoms with E-state index in [1.54, 1.807) is 43.3 Å². The summed E-state index contributed by atoms with van der Waals surface area (Å²) in [4.78, 5) is 39.9. The fraction of sp³-hybridized carbons (Fsp3) is 0.375. The quantitative estimate of drug-likeness (QED) is 0.560. The maximum absolute atomic E-state index is 12.9. The Labute approximate surface area is 177 Å². The van der Waals surface area contributed by atoms with Crippen LogP contribution in [0.3, 0.4) is 0 Å². The highest BCUT2D eigenvalue weighted by molar-refractivity contribution is 6.14. The molecule has 1 heterocycles. The molecule has 30 heavy (non-hydrogen) atoms. The summed E-state index contributed by atoms with van der Waals surface area (Å²) < 4.78 is 5.15. The van der Waals surface area contributed by atoms with Crippen LogP contribution in [-0.2, 0) is 14.3 Å². The Morgan fingerprint density at radius 1 is 1.10 bits per heavy atom. The van der Waals surface area contributed by atoms with Gasteiger partial charge in [0, 0.05) is 17.7 Å². The fourth-order valence-electron chi connectivity index (χ4n) is 3.75. The molecule has 1 aliphatic heterocycles. The van der Waals surface area contributed by atoms with Gasteiger partial charge in [0.1, 0.15) is 0 Å². The zero-order valence-corrected chi connectivity index (χ0v) is 17.5. The minimum atomic E-state index is -0.429. The first kappa shape index (κ1) is 21.7. The van der Waals surface area contributed by atoms with Crippen molar-refractivity contribution in [3.8, 4) is 0 Å². The smallest absolute Gasteiger partial charge is 0.310 e. The maximum atomic E-state index is 12.9. The van der Waals surface area contributed by atoms with E-state index in [9.17, 15) is 14.4 Å². The third-order valence-corrected chi connectivity index (χ3v) is 5.47. The zero-order chi connectivity index (χ0) is 21.5. The molecule has 2 aromatic rings. The minimum Gasteiger partial charge on any atom is -0.466 e. The van der Waals surface area contributed by atoms with E-state index in [-0.39, 0.29) is 23.6 Å². The summed E-state index contributed by atoms with van der Waals surface area (Å²) in [6.45, 7) is 5.22. The Kier molecular flexibility index (Phi) is 7.36. The Balaban J connectivity index is 1.70. The molecule has 1 fully saturated rings. The molecule has 0 bridgehead atoms. The van der Waals surface area contributed by atoms with E-state index in [1.165, 1.54) is 0 Å². The molecule has 0 aromatic heterocycles. The van der Waals surface area contributed by atoms with Crippen LogP contribution >= 0.6 is 0 Å². The van der Waals surface area contributed by atoms with Crippen LogP contribution in [0.15, 0.2) is 54.6 Å². The number of likely N-dealkylation sites (tertiary alicyclic amines) is 1. The monoisotopic (exact) mass is 408 g/mol. The lowest BCUT2D eigenvalue weighted by Crippen LogP contribution is -2.48. The van der Waals surface area contributed by atoms with Crippen LogP contribution < -0.4 is 5.32 Å². The van der Waals surface area contributed by atoms with E-state index < -0.39 is 6.04 Å². The van der Waals surface area contributed by atoms with Gasteiger partial charge >= 0.3 is 5.97 Å². The molecule has 158 valence electrons. The Morgan fingerprint density at radius 2 is 1.80 bits per heavy atom. The van der Waals surface area contributed by atoms with Crippen LogP contribution in [0.1, 0.15) is 42.6 Å².